The first-order valence-electron chi connectivity index (χ1n) is 7.63. The number of aromatic nitrogens is 2. The van der Waals surface area contributed by atoms with Crippen LogP contribution in [0.1, 0.15) is 26.7 Å². The molecule has 8 nitrogen and oxygen atoms in total. The molecule has 0 atom stereocenters. The van der Waals surface area contributed by atoms with Crippen LogP contribution in [0.4, 0.5) is 0 Å². The minimum atomic E-state index is -0.177. The third-order valence-corrected chi connectivity index (χ3v) is 4.23. The molecule has 4 rings (SSSR count). The molecule has 0 unspecified atom stereocenters. The Hall–Kier alpha value is -3.03. The topological polar surface area (TPSA) is 85.7 Å². The molecular weight excluding hydrogens is 312 g/mol. The van der Waals surface area contributed by atoms with Gasteiger partial charge in [0.2, 0.25) is 6.79 Å². The molecule has 0 saturated carbocycles. The van der Waals surface area contributed by atoms with E-state index in [0.29, 0.717) is 48.2 Å². The fraction of sp³-hybridized carbons (Fsp3) is 0.312. The number of rotatable bonds is 2. The molecule has 0 aliphatic carbocycles. The molecular formula is C16H16N4O4. The molecule has 0 saturated heterocycles. The number of nitrogens with one attached hydrogen (secondary N) is 1. The van der Waals surface area contributed by atoms with E-state index in [2.05, 4.69) is 10.3 Å². The summed E-state index contributed by atoms with van der Waals surface area (Å²) in [4.78, 5) is 30.5. The zero-order valence-electron chi connectivity index (χ0n) is 13.1. The maximum atomic E-state index is 12.7. The van der Waals surface area contributed by atoms with E-state index in [1.54, 1.807) is 36.3 Å². The summed E-state index contributed by atoms with van der Waals surface area (Å²) in [5.41, 5.74) is 1.06. The zero-order chi connectivity index (χ0) is 16.7. The van der Waals surface area contributed by atoms with E-state index in [0.717, 1.165) is 0 Å². The van der Waals surface area contributed by atoms with Crippen LogP contribution in [0.25, 0.3) is 0 Å². The highest BCUT2D eigenvalue weighted by molar-refractivity contribution is 5.95. The molecule has 3 heterocycles. The van der Waals surface area contributed by atoms with Crippen molar-refractivity contribution in [2.45, 2.75) is 13.1 Å². The summed E-state index contributed by atoms with van der Waals surface area (Å²) >= 11 is 0. The Morgan fingerprint density at radius 1 is 1.21 bits per heavy atom. The van der Waals surface area contributed by atoms with E-state index in [-0.39, 0.29) is 18.6 Å². The van der Waals surface area contributed by atoms with Gasteiger partial charge in [0, 0.05) is 25.7 Å². The van der Waals surface area contributed by atoms with Gasteiger partial charge in [-0.15, -0.1) is 0 Å². The molecule has 0 fully saturated rings. The third-order valence-electron chi connectivity index (χ3n) is 4.23. The summed E-state index contributed by atoms with van der Waals surface area (Å²) in [6.45, 7) is 1.59. The lowest BCUT2D eigenvalue weighted by Gasteiger charge is -2.28. The van der Waals surface area contributed by atoms with E-state index in [9.17, 15) is 9.59 Å². The molecule has 0 bridgehead atoms. The average molecular weight is 328 g/mol. The van der Waals surface area contributed by atoms with Gasteiger partial charge in [-0.25, -0.2) is 4.98 Å². The standard InChI is InChI=1S/C16H16N4O4/c1-17-15(21)11-7-18-14-8-19(4-5-20(11)14)16(22)10-2-3-12-13(6-10)24-9-23-12/h2-3,6-7H,4-5,8-9H2,1H3,(H,17,21). The van der Waals surface area contributed by atoms with Crippen LogP contribution in [0.15, 0.2) is 24.4 Å². The van der Waals surface area contributed by atoms with Crippen molar-refractivity contribution in [1.82, 2.24) is 19.8 Å². The van der Waals surface area contributed by atoms with E-state index >= 15 is 0 Å². The highest BCUT2D eigenvalue weighted by Gasteiger charge is 2.27. The van der Waals surface area contributed by atoms with Crippen molar-refractivity contribution in [2.75, 3.05) is 20.4 Å². The Morgan fingerprint density at radius 3 is 2.88 bits per heavy atom. The van der Waals surface area contributed by atoms with Crippen molar-refractivity contribution in [1.29, 1.82) is 0 Å². The first-order chi connectivity index (χ1) is 11.7. The molecule has 1 N–H and O–H groups in total. The van der Waals surface area contributed by atoms with Gasteiger partial charge in [0.25, 0.3) is 11.8 Å². The smallest absolute Gasteiger partial charge is 0.269 e. The van der Waals surface area contributed by atoms with Gasteiger partial charge in [-0.05, 0) is 18.2 Å². The van der Waals surface area contributed by atoms with Crippen molar-refractivity contribution in [3.05, 3.63) is 41.5 Å². The SMILES string of the molecule is CNC(=O)c1cnc2n1CCN(C(=O)c1ccc3c(c1)OCO3)C2. The van der Waals surface area contributed by atoms with E-state index in [1.807, 2.05) is 4.57 Å². The lowest BCUT2D eigenvalue weighted by molar-refractivity contribution is 0.0705. The summed E-state index contributed by atoms with van der Waals surface area (Å²) in [6.07, 6.45) is 1.54. The number of imidazole rings is 1. The molecule has 0 radical (unpaired) electrons. The molecule has 24 heavy (non-hydrogen) atoms. The van der Waals surface area contributed by atoms with Crippen LogP contribution in [0.5, 0.6) is 11.5 Å². The second-order valence-corrected chi connectivity index (χ2v) is 5.59. The second-order valence-electron chi connectivity index (χ2n) is 5.59. The van der Waals surface area contributed by atoms with Crippen molar-refractivity contribution in [3.8, 4) is 11.5 Å². The lowest BCUT2D eigenvalue weighted by atomic mass is 10.1. The number of carbonyl (C=O) groups is 2. The van der Waals surface area contributed by atoms with E-state index in [1.165, 1.54) is 0 Å². The quantitative estimate of drug-likeness (QED) is 0.874. The second kappa shape index (κ2) is 5.55. The van der Waals surface area contributed by atoms with Crippen LogP contribution in [-0.4, -0.2) is 46.7 Å². The maximum Gasteiger partial charge on any atom is 0.269 e. The molecule has 2 aliphatic rings. The molecule has 2 aromatic rings. The summed E-state index contributed by atoms with van der Waals surface area (Å²) in [6, 6.07) is 5.17. The molecule has 2 amide bonds. The summed E-state index contributed by atoms with van der Waals surface area (Å²) in [5.74, 6) is 1.67. The van der Waals surface area contributed by atoms with Gasteiger partial charge in [-0.2, -0.15) is 0 Å². The Kier molecular flexibility index (Phi) is 3.37. The van der Waals surface area contributed by atoms with Gasteiger partial charge in [0.1, 0.15) is 11.5 Å². The number of carbonyl (C=O) groups excluding carboxylic acids is 2. The Balaban J connectivity index is 1.55. The average Bonchev–Trinajstić information content (AvgIpc) is 3.25. The van der Waals surface area contributed by atoms with E-state index < -0.39 is 0 Å². The number of amides is 2. The van der Waals surface area contributed by atoms with Crippen molar-refractivity contribution >= 4 is 11.8 Å². The fourth-order valence-electron chi connectivity index (χ4n) is 2.96. The summed E-state index contributed by atoms with van der Waals surface area (Å²) < 4.78 is 12.4. The predicted molar refractivity (Wildman–Crippen MR) is 82.9 cm³/mol. The largest absolute Gasteiger partial charge is 0.454 e. The number of ether oxygens (including phenoxy) is 2. The maximum absolute atomic E-state index is 12.7. The third kappa shape index (κ3) is 2.27. The van der Waals surface area contributed by atoms with Gasteiger partial charge < -0.3 is 24.3 Å². The molecule has 2 aliphatic heterocycles. The summed E-state index contributed by atoms with van der Waals surface area (Å²) in [5, 5.41) is 2.60. The van der Waals surface area contributed by atoms with Gasteiger partial charge in [0.15, 0.2) is 11.5 Å². The van der Waals surface area contributed by atoms with Crippen LogP contribution >= 0.6 is 0 Å². The molecule has 0 spiro atoms. The van der Waals surface area contributed by atoms with Gasteiger partial charge >= 0.3 is 0 Å². The number of benzene rings is 1. The predicted octanol–water partition coefficient (Wildman–Crippen LogP) is 0.627. The van der Waals surface area contributed by atoms with Gasteiger partial charge in [-0.1, -0.05) is 0 Å². The van der Waals surface area contributed by atoms with E-state index in [4.69, 9.17) is 9.47 Å². The number of nitrogens with zero attached hydrogens (tertiary/aromatic N) is 3. The first kappa shape index (κ1) is 14.6. The first-order valence-corrected chi connectivity index (χ1v) is 7.63. The molecule has 1 aromatic heterocycles. The van der Waals surface area contributed by atoms with Crippen LogP contribution in [0.2, 0.25) is 0 Å². The Bertz CT molecular complexity index is 829. The Labute approximate surface area is 138 Å². The van der Waals surface area contributed by atoms with Crippen molar-refractivity contribution in [3.63, 3.8) is 0 Å². The number of hydrogen-bond donors (Lipinski definition) is 1. The Morgan fingerprint density at radius 2 is 2.04 bits per heavy atom. The number of hydrogen-bond acceptors (Lipinski definition) is 5. The highest BCUT2D eigenvalue weighted by Crippen LogP contribution is 2.33. The zero-order valence-corrected chi connectivity index (χ0v) is 13.1. The van der Waals surface area contributed by atoms with Gasteiger partial charge in [0.05, 0.1) is 12.7 Å². The normalized spacial score (nSPS) is 15.1. The molecule has 1 aromatic carbocycles. The highest BCUT2D eigenvalue weighted by atomic mass is 16.7. The monoisotopic (exact) mass is 328 g/mol. The van der Waals surface area contributed by atoms with Crippen LogP contribution in [0.3, 0.4) is 0 Å². The van der Waals surface area contributed by atoms with Crippen LogP contribution < -0.4 is 14.8 Å². The van der Waals surface area contributed by atoms with Gasteiger partial charge in [-0.3, -0.25) is 9.59 Å². The van der Waals surface area contributed by atoms with Crippen LogP contribution in [0, 0.1) is 0 Å². The lowest BCUT2D eigenvalue weighted by Crippen LogP contribution is -2.39. The van der Waals surface area contributed by atoms with Crippen LogP contribution in [-0.2, 0) is 13.1 Å². The summed E-state index contributed by atoms with van der Waals surface area (Å²) in [7, 11) is 1.58. The minimum absolute atomic E-state index is 0.0935. The minimum Gasteiger partial charge on any atom is -0.454 e. The molecule has 124 valence electrons. The van der Waals surface area contributed by atoms with Crippen molar-refractivity contribution < 1.29 is 19.1 Å². The molecule has 8 heteroatoms. The number of fused-ring (bicyclic) bond motifs is 2. The van der Waals surface area contributed by atoms with Crippen molar-refractivity contribution in [2.24, 2.45) is 0 Å². The fourth-order valence-corrected chi connectivity index (χ4v) is 2.96.